The quantitative estimate of drug-likeness (QED) is 0.516. The Balaban J connectivity index is 1.32. The normalized spacial score (nSPS) is 14.7. The number of nitrogens with zero attached hydrogens (tertiary/aromatic N) is 2. The summed E-state index contributed by atoms with van der Waals surface area (Å²) < 4.78 is 33.3. The van der Waals surface area contributed by atoms with Gasteiger partial charge in [0, 0.05) is 38.3 Å². The number of carbonyl (C=O) groups is 1. The van der Waals surface area contributed by atoms with Crippen LogP contribution in [0.5, 0.6) is 5.75 Å². The van der Waals surface area contributed by atoms with Gasteiger partial charge in [-0.15, -0.1) is 0 Å². The van der Waals surface area contributed by atoms with Crippen molar-refractivity contribution in [2.24, 2.45) is 0 Å². The zero-order chi connectivity index (χ0) is 24.7. The Morgan fingerprint density at radius 2 is 1.57 bits per heavy atom. The van der Waals surface area contributed by atoms with Gasteiger partial charge < -0.3 is 9.64 Å². The van der Waals surface area contributed by atoms with Crippen LogP contribution in [-0.2, 0) is 10.0 Å². The predicted octanol–water partition coefficient (Wildman–Crippen LogP) is 3.97. The van der Waals surface area contributed by atoms with E-state index in [4.69, 9.17) is 4.74 Å². The van der Waals surface area contributed by atoms with Gasteiger partial charge in [-0.05, 0) is 42.0 Å². The van der Waals surface area contributed by atoms with Crippen LogP contribution in [0.4, 0.5) is 5.69 Å². The lowest BCUT2D eigenvalue weighted by molar-refractivity contribution is 0.0650. The molecular weight excluding hydrogens is 462 g/mol. The molecule has 0 bridgehead atoms. The topological polar surface area (TPSA) is 78.9 Å². The maximum absolute atomic E-state index is 13.0. The smallest absolute Gasteiger partial charge is 0.262 e. The molecule has 0 saturated carbocycles. The van der Waals surface area contributed by atoms with Gasteiger partial charge in [0.2, 0.25) is 0 Å². The molecule has 1 amide bonds. The van der Waals surface area contributed by atoms with Crippen LogP contribution in [0.2, 0.25) is 0 Å². The number of nitrogens with one attached hydrogen (secondary N) is 1. The molecule has 1 heterocycles. The van der Waals surface area contributed by atoms with Gasteiger partial charge >= 0.3 is 0 Å². The van der Waals surface area contributed by atoms with E-state index in [-0.39, 0.29) is 10.8 Å². The summed E-state index contributed by atoms with van der Waals surface area (Å²) in [6.45, 7) is 3.68. The first-order valence-corrected chi connectivity index (χ1v) is 12.9. The molecule has 7 nitrogen and oxygen atoms in total. The van der Waals surface area contributed by atoms with Crippen LogP contribution in [0.3, 0.4) is 0 Å². The van der Waals surface area contributed by atoms with E-state index < -0.39 is 10.0 Å². The van der Waals surface area contributed by atoms with Crippen LogP contribution in [0, 0.1) is 0 Å². The number of hydrogen-bond acceptors (Lipinski definition) is 5. The molecule has 0 radical (unpaired) electrons. The molecule has 8 heteroatoms. The summed E-state index contributed by atoms with van der Waals surface area (Å²) >= 11 is 0. The number of piperazine rings is 1. The second-order valence-corrected chi connectivity index (χ2v) is 9.92. The lowest BCUT2D eigenvalue weighted by Crippen LogP contribution is -2.48. The van der Waals surface area contributed by atoms with Crippen molar-refractivity contribution in [2.75, 3.05) is 44.6 Å². The second-order valence-electron chi connectivity index (χ2n) is 8.24. The number of methoxy groups -OCH3 is 1. The summed E-state index contributed by atoms with van der Waals surface area (Å²) in [6.07, 6.45) is 4.25. The molecule has 182 valence electrons. The molecule has 1 fully saturated rings. The summed E-state index contributed by atoms with van der Waals surface area (Å²) in [7, 11) is -2.34. The van der Waals surface area contributed by atoms with Crippen molar-refractivity contribution in [3.05, 3.63) is 96.1 Å². The summed E-state index contributed by atoms with van der Waals surface area (Å²) in [5.41, 5.74) is 2.00. The Hall–Kier alpha value is -3.62. The van der Waals surface area contributed by atoms with Crippen LogP contribution in [-0.4, -0.2) is 64.0 Å². The maximum atomic E-state index is 13.0. The third kappa shape index (κ3) is 6.29. The zero-order valence-corrected chi connectivity index (χ0v) is 20.4. The highest BCUT2D eigenvalue weighted by atomic mass is 32.2. The van der Waals surface area contributed by atoms with Crippen molar-refractivity contribution < 1.29 is 17.9 Å². The van der Waals surface area contributed by atoms with Crippen LogP contribution in [0.25, 0.3) is 6.08 Å². The Kier molecular flexibility index (Phi) is 7.84. The molecular formula is C27H29N3O4S. The first-order chi connectivity index (χ1) is 17.0. The number of hydrogen-bond donors (Lipinski definition) is 1. The molecule has 0 spiro atoms. The first kappa shape index (κ1) is 24.5. The number of benzene rings is 3. The van der Waals surface area contributed by atoms with E-state index in [2.05, 4.69) is 33.9 Å². The number of para-hydroxylation sites is 2. The number of rotatable bonds is 8. The van der Waals surface area contributed by atoms with Crippen LogP contribution in [0.1, 0.15) is 15.9 Å². The summed E-state index contributed by atoms with van der Waals surface area (Å²) in [6, 6.07) is 23.0. The number of sulfonamides is 1. The standard InChI is InChI=1S/C27H29N3O4S/c1-34-26-12-6-5-11-25(26)28-35(32,33)24-15-13-23(14-16-24)27(31)30-20-18-29(19-21-30)17-7-10-22-8-3-2-4-9-22/h2-16,28H,17-21H2,1H3/b10-7+. The predicted molar refractivity (Wildman–Crippen MR) is 138 cm³/mol. The van der Waals surface area contributed by atoms with Crippen LogP contribution in [0.15, 0.2) is 89.8 Å². The molecule has 3 aromatic rings. The molecule has 0 aromatic heterocycles. The highest BCUT2D eigenvalue weighted by Gasteiger charge is 2.23. The van der Waals surface area contributed by atoms with Crippen molar-refractivity contribution in [3.8, 4) is 5.75 Å². The number of amides is 1. The fourth-order valence-corrected chi connectivity index (χ4v) is 5.00. The maximum Gasteiger partial charge on any atom is 0.262 e. The molecule has 3 aromatic carbocycles. The van der Waals surface area contributed by atoms with E-state index in [1.165, 1.54) is 24.8 Å². The van der Waals surface area contributed by atoms with Gasteiger partial charge in [-0.1, -0.05) is 54.6 Å². The van der Waals surface area contributed by atoms with Gasteiger partial charge in [0.1, 0.15) is 5.75 Å². The van der Waals surface area contributed by atoms with Gasteiger partial charge in [0.15, 0.2) is 0 Å². The molecule has 1 saturated heterocycles. The Morgan fingerprint density at radius 1 is 0.914 bits per heavy atom. The third-order valence-electron chi connectivity index (χ3n) is 5.90. The Bertz CT molecular complexity index is 1270. The minimum Gasteiger partial charge on any atom is -0.495 e. The molecule has 35 heavy (non-hydrogen) atoms. The van der Waals surface area contributed by atoms with E-state index in [1.54, 1.807) is 36.4 Å². The highest BCUT2D eigenvalue weighted by Crippen LogP contribution is 2.26. The van der Waals surface area contributed by atoms with Crippen molar-refractivity contribution >= 4 is 27.7 Å². The number of carbonyl (C=O) groups excluding carboxylic acids is 1. The average molecular weight is 492 g/mol. The molecule has 0 unspecified atom stereocenters. The summed E-state index contributed by atoms with van der Waals surface area (Å²) in [4.78, 5) is 17.2. The SMILES string of the molecule is COc1ccccc1NS(=O)(=O)c1ccc(C(=O)N2CCN(C/C=C/c3ccccc3)CC2)cc1. The fourth-order valence-electron chi connectivity index (χ4n) is 3.93. The monoisotopic (exact) mass is 491 g/mol. The minimum atomic E-state index is -3.82. The minimum absolute atomic E-state index is 0.0787. The Morgan fingerprint density at radius 3 is 2.26 bits per heavy atom. The average Bonchev–Trinajstić information content (AvgIpc) is 2.89. The number of anilines is 1. The number of ether oxygens (including phenoxy) is 1. The van der Waals surface area contributed by atoms with Crippen LogP contribution >= 0.6 is 0 Å². The molecule has 0 aliphatic carbocycles. The van der Waals surface area contributed by atoms with Gasteiger partial charge in [-0.2, -0.15) is 0 Å². The van der Waals surface area contributed by atoms with Crippen molar-refractivity contribution in [2.45, 2.75) is 4.90 Å². The fraction of sp³-hybridized carbons (Fsp3) is 0.222. The second kappa shape index (κ2) is 11.2. The van der Waals surface area contributed by atoms with E-state index >= 15 is 0 Å². The van der Waals surface area contributed by atoms with Gasteiger partial charge in [0.25, 0.3) is 15.9 Å². The highest BCUT2D eigenvalue weighted by molar-refractivity contribution is 7.92. The first-order valence-electron chi connectivity index (χ1n) is 11.5. The molecule has 4 rings (SSSR count). The largest absolute Gasteiger partial charge is 0.495 e. The summed E-state index contributed by atoms with van der Waals surface area (Å²) in [5, 5.41) is 0. The van der Waals surface area contributed by atoms with Crippen molar-refractivity contribution in [3.63, 3.8) is 0 Å². The van der Waals surface area contributed by atoms with Gasteiger partial charge in [0.05, 0.1) is 17.7 Å². The lowest BCUT2D eigenvalue weighted by atomic mass is 10.2. The van der Waals surface area contributed by atoms with Crippen LogP contribution < -0.4 is 9.46 Å². The summed E-state index contributed by atoms with van der Waals surface area (Å²) in [5.74, 6) is 0.337. The van der Waals surface area contributed by atoms with Crippen molar-refractivity contribution in [1.29, 1.82) is 0 Å². The van der Waals surface area contributed by atoms with Gasteiger partial charge in [-0.25, -0.2) is 8.42 Å². The molecule has 0 atom stereocenters. The zero-order valence-electron chi connectivity index (χ0n) is 19.6. The van der Waals surface area contributed by atoms with E-state index in [0.29, 0.717) is 30.1 Å². The van der Waals surface area contributed by atoms with Crippen molar-refractivity contribution in [1.82, 2.24) is 9.80 Å². The van der Waals surface area contributed by atoms with Gasteiger partial charge in [-0.3, -0.25) is 14.4 Å². The third-order valence-corrected chi connectivity index (χ3v) is 7.28. The molecule has 1 aliphatic heterocycles. The van der Waals surface area contributed by atoms with E-state index in [0.717, 1.165) is 19.6 Å². The van der Waals surface area contributed by atoms with E-state index in [1.807, 2.05) is 23.1 Å². The lowest BCUT2D eigenvalue weighted by Gasteiger charge is -2.34. The Labute approximate surface area is 206 Å². The van der Waals surface area contributed by atoms with E-state index in [9.17, 15) is 13.2 Å². The molecule has 1 aliphatic rings. The molecule has 1 N–H and O–H groups in total.